The number of carbonyl (C=O) groups is 1. The maximum atomic E-state index is 13.2. The SMILES string of the molecule is CCOc1ccccc1NS(=O)(=O)c1cc2c(cc1C)N(Cc1noc(CC)n1)C(=O)CO2. The van der Waals surface area contributed by atoms with Gasteiger partial charge in [-0.15, -0.1) is 0 Å². The fraction of sp³-hybridized carbons (Fsp3) is 0.318. The van der Waals surface area contributed by atoms with Crippen LogP contribution in [-0.2, 0) is 27.8 Å². The molecule has 1 amide bonds. The van der Waals surface area contributed by atoms with Gasteiger partial charge in [0.25, 0.3) is 15.9 Å². The van der Waals surface area contributed by atoms with Gasteiger partial charge in [-0.2, -0.15) is 4.98 Å². The fourth-order valence-electron chi connectivity index (χ4n) is 3.47. The minimum absolute atomic E-state index is 0.0367. The number of para-hydroxylation sites is 2. The van der Waals surface area contributed by atoms with E-state index in [-0.39, 0.29) is 29.7 Å². The van der Waals surface area contributed by atoms with Crippen molar-refractivity contribution in [1.82, 2.24) is 10.1 Å². The summed E-state index contributed by atoms with van der Waals surface area (Å²) in [5, 5.41) is 3.90. The summed E-state index contributed by atoms with van der Waals surface area (Å²) >= 11 is 0. The molecule has 1 aromatic heterocycles. The lowest BCUT2D eigenvalue weighted by molar-refractivity contribution is -0.121. The zero-order valence-electron chi connectivity index (χ0n) is 18.5. The number of sulfonamides is 1. The van der Waals surface area contributed by atoms with E-state index in [0.29, 0.717) is 47.4 Å². The number of fused-ring (bicyclic) bond motifs is 1. The first-order chi connectivity index (χ1) is 15.8. The van der Waals surface area contributed by atoms with Crippen LogP contribution in [0.3, 0.4) is 0 Å². The van der Waals surface area contributed by atoms with Gasteiger partial charge < -0.3 is 14.0 Å². The topological polar surface area (TPSA) is 124 Å². The van der Waals surface area contributed by atoms with Crippen LogP contribution < -0.4 is 19.1 Å². The first-order valence-corrected chi connectivity index (χ1v) is 11.9. The molecular formula is C22H24N4O6S. The summed E-state index contributed by atoms with van der Waals surface area (Å²) in [4.78, 5) is 18.3. The first kappa shape index (κ1) is 22.6. The number of nitrogens with one attached hydrogen (secondary N) is 1. The molecule has 0 fully saturated rings. The minimum atomic E-state index is -3.96. The van der Waals surface area contributed by atoms with Gasteiger partial charge in [0.2, 0.25) is 5.89 Å². The Morgan fingerprint density at radius 2 is 2.00 bits per heavy atom. The van der Waals surface area contributed by atoms with E-state index in [4.69, 9.17) is 14.0 Å². The molecule has 3 aromatic rings. The van der Waals surface area contributed by atoms with Crippen LogP contribution >= 0.6 is 0 Å². The van der Waals surface area contributed by atoms with Crippen molar-refractivity contribution in [2.45, 2.75) is 38.6 Å². The third-order valence-corrected chi connectivity index (χ3v) is 6.54. The van der Waals surface area contributed by atoms with Crippen molar-refractivity contribution < 1.29 is 27.2 Å². The Labute approximate surface area is 191 Å². The molecule has 0 aliphatic carbocycles. The molecule has 0 atom stereocenters. The van der Waals surface area contributed by atoms with Crippen molar-refractivity contribution in [2.24, 2.45) is 0 Å². The molecule has 1 aliphatic rings. The van der Waals surface area contributed by atoms with Crippen molar-refractivity contribution in [1.29, 1.82) is 0 Å². The van der Waals surface area contributed by atoms with Gasteiger partial charge in [-0.05, 0) is 37.6 Å². The van der Waals surface area contributed by atoms with Gasteiger partial charge in [0.15, 0.2) is 12.4 Å². The summed E-state index contributed by atoms with van der Waals surface area (Å²) in [6.07, 6.45) is 0.584. The lowest BCUT2D eigenvalue weighted by Gasteiger charge is -2.29. The van der Waals surface area contributed by atoms with E-state index < -0.39 is 10.0 Å². The lowest BCUT2D eigenvalue weighted by Crippen LogP contribution is -2.38. The molecule has 0 unspecified atom stereocenters. The number of hydrogen-bond donors (Lipinski definition) is 1. The maximum Gasteiger partial charge on any atom is 0.265 e. The molecule has 2 heterocycles. The monoisotopic (exact) mass is 472 g/mol. The molecule has 174 valence electrons. The summed E-state index contributed by atoms with van der Waals surface area (Å²) in [6, 6.07) is 9.83. The van der Waals surface area contributed by atoms with Crippen molar-refractivity contribution in [3.8, 4) is 11.5 Å². The Hall–Kier alpha value is -3.60. The number of rotatable bonds is 8. The second-order valence-corrected chi connectivity index (χ2v) is 9.00. The van der Waals surface area contributed by atoms with Crippen LogP contribution in [0.4, 0.5) is 11.4 Å². The smallest absolute Gasteiger partial charge is 0.265 e. The predicted molar refractivity (Wildman–Crippen MR) is 120 cm³/mol. The van der Waals surface area contributed by atoms with Gasteiger partial charge in [0, 0.05) is 12.5 Å². The fourth-order valence-corrected chi connectivity index (χ4v) is 4.78. The zero-order chi connectivity index (χ0) is 23.6. The van der Waals surface area contributed by atoms with Crippen LogP contribution in [-0.4, -0.2) is 37.7 Å². The summed E-state index contributed by atoms with van der Waals surface area (Å²) in [5.41, 5.74) is 1.22. The largest absolute Gasteiger partial charge is 0.492 e. The van der Waals surface area contributed by atoms with E-state index >= 15 is 0 Å². The molecule has 0 saturated heterocycles. The molecular weight excluding hydrogens is 448 g/mol. The molecule has 4 rings (SSSR count). The number of carbonyl (C=O) groups excluding carboxylic acids is 1. The highest BCUT2D eigenvalue weighted by atomic mass is 32.2. The van der Waals surface area contributed by atoms with Crippen molar-refractivity contribution in [3.63, 3.8) is 0 Å². The van der Waals surface area contributed by atoms with Crippen LogP contribution in [0.25, 0.3) is 0 Å². The van der Waals surface area contributed by atoms with E-state index in [1.807, 2.05) is 13.8 Å². The van der Waals surface area contributed by atoms with Crippen LogP contribution in [0, 0.1) is 6.92 Å². The number of anilines is 2. The second kappa shape index (κ2) is 9.10. The lowest BCUT2D eigenvalue weighted by atomic mass is 10.1. The van der Waals surface area contributed by atoms with Gasteiger partial charge in [-0.1, -0.05) is 24.2 Å². The Balaban J connectivity index is 1.66. The maximum absolute atomic E-state index is 13.2. The molecule has 2 aromatic carbocycles. The zero-order valence-corrected chi connectivity index (χ0v) is 19.3. The minimum Gasteiger partial charge on any atom is -0.492 e. The van der Waals surface area contributed by atoms with Crippen LogP contribution in [0.5, 0.6) is 11.5 Å². The Kier molecular flexibility index (Phi) is 6.23. The van der Waals surface area contributed by atoms with Crippen molar-refractivity contribution in [2.75, 3.05) is 22.8 Å². The predicted octanol–water partition coefficient (Wildman–Crippen LogP) is 3.07. The summed E-state index contributed by atoms with van der Waals surface area (Å²) < 4.78 is 45.2. The molecule has 33 heavy (non-hydrogen) atoms. The molecule has 0 radical (unpaired) electrons. The standard InChI is InChI=1S/C22H24N4O6S/c1-4-21-23-20(24-32-21)12-26-16-10-14(3)19(11-18(16)31-13-22(26)27)33(28,29)25-15-8-6-7-9-17(15)30-5-2/h6-11,25H,4-5,12-13H2,1-3H3. The van der Waals surface area contributed by atoms with Crippen LogP contribution in [0.15, 0.2) is 45.8 Å². The third-order valence-electron chi connectivity index (χ3n) is 5.03. The molecule has 11 heteroatoms. The highest BCUT2D eigenvalue weighted by molar-refractivity contribution is 7.92. The molecule has 10 nitrogen and oxygen atoms in total. The molecule has 0 spiro atoms. The number of aryl methyl sites for hydroxylation is 2. The van der Waals surface area contributed by atoms with Crippen molar-refractivity contribution >= 4 is 27.3 Å². The number of benzene rings is 2. The Morgan fingerprint density at radius 3 is 2.73 bits per heavy atom. The Morgan fingerprint density at radius 1 is 1.21 bits per heavy atom. The van der Waals surface area contributed by atoms with Gasteiger partial charge in [-0.25, -0.2) is 8.42 Å². The third kappa shape index (κ3) is 4.63. The summed E-state index contributed by atoms with van der Waals surface area (Å²) in [7, 11) is -3.96. The van der Waals surface area contributed by atoms with E-state index in [0.717, 1.165) is 0 Å². The van der Waals surface area contributed by atoms with E-state index in [1.54, 1.807) is 37.3 Å². The summed E-state index contributed by atoms with van der Waals surface area (Å²) in [5.74, 6) is 1.25. The van der Waals surface area contributed by atoms with Crippen LogP contribution in [0.1, 0.15) is 31.1 Å². The van der Waals surface area contributed by atoms with Crippen molar-refractivity contribution in [3.05, 3.63) is 53.7 Å². The van der Waals surface area contributed by atoms with Crippen LogP contribution in [0.2, 0.25) is 0 Å². The number of hydrogen-bond acceptors (Lipinski definition) is 8. The molecule has 0 saturated carbocycles. The molecule has 1 N–H and O–H groups in total. The van der Waals surface area contributed by atoms with Gasteiger partial charge in [-0.3, -0.25) is 14.4 Å². The quantitative estimate of drug-likeness (QED) is 0.530. The number of ether oxygens (including phenoxy) is 2. The molecule has 1 aliphatic heterocycles. The Bertz CT molecular complexity index is 1290. The highest BCUT2D eigenvalue weighted by Gasteiger charge is 2.30. The second-order valence-electron chi connectivity index (χ2n) is 7.35. The number of nitrogens with zero attached hydrogens (tertiary/aromatic N) is 3. The number of amides is 1. The highest BCUT2D eigenvalue weighted by Crippen LogP contribution is 2.38. The normalized spacial score (nSPS) is 13.4. The van der Waals surface area contributed by atoms with Gasteiger partial charge in [0.05, 0.1) is 29.4 Å². The van der Waals surface area contributed by atoms with E-state index in [2.05, 4.69) is 14.9 Å². The number of aromatic nitrogens is 2. The van der Waals surface area contributed by atoms with E-state index in [9.17, 15) is 13.2 Å². The van der Waals surface area contributed by atoms with E-state index in [1.165, 1.54) is 11.0 Å². The van der Waals surface area contributed by atoms with Gasteiger partial charge in [0.1, 0.15) is 11.5 Å². The average molecular weight is 473 g/mol. The summed E-state index contributed by atoms with van der Waals surface area (Å²) in [6.45, 7) is 5.62. The van der Waals surface area contributed by atoms with Gasteiger partial charge >= 0.3 is 0 Å². The average Bonchev–Trinajstić information content (AvgIpc) is 3.24. The molecule has 0 bridgehead atoms. The first-order valence-electron chi connectivity index (χ1n) is 10.5.